The van der Waals surface area contributed by atoms with Crippen LogP contribution in [-0.4, -0.2) is 17.3 Å². The van der Waals surface area contributed by atoms with Crippen molar-refractivity contribution in [1.29, 1.82) is 0 Å². The van der Waals surface area contributed by atoms with Gasteiger partial charge < -0.3 is 10.4 Å². The minimum atomic E-state index is -0.186. The summed E-state index contributed by atoms with van der Waals surface area (Å²) in [7, 11) is 0. The van der Waals surface area contributed by atoms with Gasteiger partial charge in [0.1, 0.15) is 0 Å². The lowest BCUT2D eigenvalue weighted by molar-refractivity contribution is 0.0859. The van der Waals surface area contributed by atoms with Crippen molar-refractivity contribution in [2.24, 2.45) is 0 Å². The van der Waals surface area contributed by atoms with Crippen molar-refractivity contribution in [2.75, 3.05) is 0 Å². The van der Waals surface area contributed by atoms with E-state index in [0.717, 1.165) is 23.7 Å². The summed E-state index contributed by atoms with van der Waals surface area (Å²) in [4.78, 5) is 0. The maximum Gasteiger partial charge on any atom is 0.0693 e. The van der Waals surface area contributed by atoms with Crippen LogP contribution >= 0.6 is 15.9 Å². The molecule has 0 amide bonds. The predicted octanol–water partition coefficient (Wildman–Crippen LogP) is 3.40. The van der Waals surface area contributed by atoms with Gasteiger partial charge in [0.05, 0.1) is 6.10 Å². The number of halogens is 1. The highest BCUT2D eigenvalue weighted by Crippen LogP contribution is 2.26. The summed E-state index contributed by atoms with van der Waals surface area (Å²) in [6, 6.07) is 8.77. The normalized spacial score (nSPS) is 26.8. The lowest BCUT2D eigenvalue weighted by atomic mass is 9.91. The molecule has 0 heterocycles. The van der Waals surface area contributed by atoms with Gasteiger partial charge in [-0.2, -0.15) is 0 Å². The van der Waals surface area contributed by atoms with Crippen molar-refractivity contribution >= 4 is 15.9 Å². The smallest absolute Gasteiger partial charge is 0.0693 e. The minimum Gasteiger partial charge on any atom is -0.392 e. The Hall–Kier alpha value is -0.380. The third-order valence-electron chi connectivity index (χ3n) is 3.57. The lowest BCUT2D eigenvalue weighted by Crippen LogP contribution is -2.43. The van der Waals surface area contributed by atoms with Crippen LogP contribution < -0.4 is 5.32 Å². The molecule has 2 N–H and O–H groups in total. The fourth-order valence-electron chi connectivity index (χ4n) is 2.54. The van der Waals surface area contributed by atoms with Gasteiger partial charge in [0.25, 0.3) is 0 Å². The van der Waals surface area contributed by atoms with Crippen LogP contribution in [0.15, 0.2) is 28.7 Å². The molecule has 0 spiro atoms. The van der Waals surface area contributed by atoms with Gasteiger partial charge in [0.15, 0.2) is 0 Å². The van der Waals surface area contributed by atoms with E-state index in [1.54, 1.807) is 0 Å². The predicted molar refractivity (Wildman–Crippen MR) is 74.0 cm³/mol. The molecule has 17 heavy (non-hydrogen) atoms. The van der Waals surface area contributed by atoms with E-state index in [4.69, 9.17) is 0 Å². The third kappa shape index (κ3) is 3.30. The molecule has 0 saturated heterocycles. The molecule has 1 aromatic rings. The van der Waals surface area contributed by atoms with E-state index < -0.39 is 0 Å². The van der Waals surface area contributed by atoms with Crippen LogP contribution in [0.25, 0.3) is 0 Å². The van der Waals surface area contributed by atoms with E-state index in [-0.39, 0.29) is 18.2 Å². The number of aliphatic hydroxyl groups excluding tert-OH is 1. The fraction of sp³-hybridized carbons (Fsp3) is 0.571. The molecule has 0 radical (unpaired) electrons. The van der Waals surface area contributed by atoms with Gasteiger partial charge in [0, 0.05) is 16.6 Å². The van der Waals surface area contributed by atoms with E-state index >= 15 is 0 Å². The Balaban J connectivity index is 2.01. The Morgan fingerprint density at radius 3 is 2.71 bits per heavy atom. The van der Waals surface area contributed by atoms with Crippen LogP contribution in [0, 0.1) is 0 Å². The topological polar surface area (TPSA) is 32.3 Å². The average Bonchev–Trinajstić information content (AvgIpc) is 2.32. The first-order valence-electron chi connectivity index (χ1n) is 6.37. The summed E-state index contributed by atoms with van der Waals surface area (Å²) in [5.41, 5.74) is 1.25. The molecule has 1 aliphatic rings. The number of benzene rings is 1. The second-order valence-electron chi connectivity index (χ2n) is 4.87. The molecule has 0 aliphatic heterocycles. The zero-order chi connectivity index (χ0) is 12.3. The Kier molecular flexibility index (Phi) is 4.60. The Morgan fingerprint density at radius 2 is 2.00 bits per heavy atom. The van der Waals surface area contributed by atoms with Crippen LogP contribution in [0.3, 0.4) is 0 Å². The molecule has 3 atom stereocenters. The van der Waals surface area contributed by atoms with Gasteiger partial charge in [-0.05, 0) is 31.4 Å². The van der Waals surface area contributed by atoms with Crippen LogP contribution in [0.1, 0.15) is 44.2 Å². The van der Waals surface area contributed by atoms with Crippen molar-refractivity contribution in [1.82, 2.24) is 5.32 Å². The molecule has 2 unspecified atom stereocenters. The van der Waals surface area contributed by atoms with Gasteiger partial charge >= 0.3 is 0 Å². The van der Waals surface area contributed by atoms with Crippen LogP contribution in [0.5, 0.6) is 0 Å². The SMILES string of the molecule is C[C@@H](NC1CCCCC1O)c1ccccc1Br. The first-order valence-corrected chi connectivity index (χ1v) is 7.16. The summed E-state index contributed by atoms with van der Waals surface area (Å²) in [6.45, 7) is 2.15. The molecule has 0 bridgehead atoms. The molecule has 1 fully saturated rings. The first kappa shape index (κ1) is 13.1. The lowest BCUT2D eigenvalue weighted by Gasteiger charge is -2.31. The quantitative estimate of drug-likeness (QED) is 0.896. The number of aliphatic hydroxyl groups is 1. The molecule has 1 aromatic carbocycles. The van der Waals surface area contributed by atoms with Gasteiger partial charge in [0.2, 0.25) is 0 Å². The van der Waals surface area contributed by atoms with E-state index in [1.807, 2.05) is 6.07 Å². The van der Waals surface area contributed by atoms with Gasteiger partial charge in [-0.1, -0.05) is 47.0 Å². The van der Waals surface area contributed by atoms with Crippen LogP contribution in [0.2, 0.25) is 0 Å². The number of rotatable bonds is 3. The Labute approximate surface area is 112 Å². The van der Waals surface area contributed by atoms with Crippen molar-refractivity contribution in [2.45, 2.75) is 50.8 Å². The molecule has 1 aliphatic carbocycles. The highest BCUT2D eigenvalue weighted by atomic mass is 79.9. The van der Waals surface area contributed by atoms with Crippen molar-refractivity contribution < 1.29 is 5.11 Å². The van der Waals surface area contributed by atoms with E-state index in [1.165, 1.54) is 12.0 Å². The van der Waals surface area contributed by atoms with Gasteiger partial charge in [-0.25, -0.2) is 0 Å². The minimum absolute atomic E-state index is 0.186. The third-order valence-corrected chi connectivity index (χ3v) is 4.29. The Morgan fingerprint density at radius 1 is 1.29 bits per heavy atom. The fourth-order valence-corrected chi connectivity index (χ4v) is 3.17. The molecular weight excluding hydrogens is 278 g/mol. The molecular formula is C14H20BrNO. The summed E-state index contributed by atoms with van der Waals surface area (Å²) in [6.07, 6.45) is 4.20. The molecule has 3 heteroatoms. The zero-order valence-corrected chi connectivity index (χ0v) is 11.8. The Bertz CT molecular complexity index is 369. The number of nitrogens with one attached hydrogen (secondary N) is 1. The molecule has 0 aromatic heterocycles. The summed E-state index contributed by atoms with van der Waals surface area (Å²) >= 11 is 3.57. The van der Waals surface area contributed by atoms with Crippen LogP contribution in [0.4, 0.5) is 0 Å². The first-order chi connectivity index (χ1) is 8.18. The summed E-state index contributed by atoms with van der Waals surface area (Å²) < 4.78 is 1.13. The second-order valence-corrected chi connectivity index (χ2v) is 5.72. The molecule has 2 rings (SSSR count). The van der Waals surface area contributed by atoms with E-state index in [9.17, 15) is 5.11 Å². The molecule has 1 saturated carbocycles. The standard InChI is InChI=1S/C14H20BrNO/c1-10(11-6-2-3-7-12(11)15)16-13-8-4-5-9-14(13)17/h2-3,6-7,10,13-14,16-17H,4-5,8-9H2,1H3/t10-,13?,14?/m1/s1. The second kappa shape index (κ2) is 5.98. The van der Waals surface area contributed by atoms with Crippen molar-refractivity contribution in [3.8, 4) is 0 Å². The zero-order valence-electron chi connectivity index (χ0n) is 10.2. The van der Waals surface area contributed by atoms with E-state index in [2.05, 4.69) is 46.4 Å². The average molecular weight is 298 g/mol. The van der Waals surface area contributed by atoms with Crippen LogP contribution in [-0.2, 0) is 0 Å². The monoisotopic (exact) mass is 297 g/mol. The number of hydrogen-bond acceptors (Lipinski definition) is 2. The van der Waals surface area contributed by atoms with Gasteiger partial charge in [-0.15, -0.1) is 0 Å². The maximum atomic E-state index is 9.96. The van der Waals surface area contributed by atoms with Crippen molar-refractivity contribution in [3.63, 3.8) is 0 Å². The number of hydrogen-bond donors (Lipinski definition) is 2. The molecule has 2 nitrogen and oxygen atoms in total. The maximum absolute atomic E-state index is 9.96. The summed E-state index contributed by atoms with van der Waals surface area (Å²) in [5.74, 6) is 0. The molecule has 94 valence electrons. The van der Waals surface area contributed by atoms with Gasteiger partial charge in [-0.3, -0.25) is 0 Å². The van der Waals surface area contributed by atoms with Crippen molar-refractivity contribution in [3.05, 3.63) is 34.3 Å². The largest absolute Gasteiger partial charge is 0.392 e. The highest BCUT2D eigenvalue weighted by Gasteiger charge is 2.24. The van der Waals surface area contributed by atoms with E-state index in [0.29, 0.717) is 0 Å². The summed E-state index contributed by atoms with van der Waals surface area (Å²) in [5, 5.41) is 13.5. The highest BCUT2D eigenvalue weighted by molar-refractivity contribution is 9.10.